The Kier molecular flexibility index (Phi) is 6.84. The number of amides is 1. The number of hydrogen-bond donors (Lipinski definition) is 2. The second kappa shape index (κ2) is 10.1. The summed E-state index contributed by atoms with van der Waals surface area (Å²) < 4.78 is 51.1. The third kappa shape index (κ3) is 5.74. The number of nitrogens with zero attached hydrogens (tertiary/aromatic N) is 1. The Balaban J connectivity index is 1.31. The van der Waals surface area contributed by atoms with E-state index in [0.717, 1.165) is 11.0 Å². The lowest BCUT2D eigenvalue weighted by atomic mass is 9.86. The van der Waals surface area contributed by atoms with Gasteiger partial charge in [-0.25, -0.2) is 22.5 Å². The van der Waals surface area contributed by atoms with Crippen molar-refractivity contribution in [1.29, 1.82) is 0 Å². The topological polar surface area (TPSA) is 115 Å². The van der Waals surface area contributed by atoms with Crippen molar-refractivity contribution >= 4 is 37.5 Å². The highest BCUT2D eigenvalue weighted by molar-refractivity contribution is 7.89. The van der Waals surface area contributed by atoms with Crippen molar-refractivity contribution in [1.82, 2.24) is 9.71 Å². The monoisotopic (exact) mass is 542 g/mol. The summed E-state index contributed by atoms with van der Waals surface area (Å²) in [7, 11) is -3.72. The lowest BCUT2D eigenvalue weighted by molar-refractivity contribution is 0.0502. The maximum absolute atomic E-state index is 13.4. The molecule has 2 atom stereocenters. The molecule has 2 N–H and O–H groups in total. The van der Waals surface area contributed by atoms with Crippen LogP contribution in [0.2, 0.25) is 0 Å². The van der Waals surface area contributed by atoms with Crippen LogP contribution in [0, 0.1) is 11.7 Å². The van der Waals surface area contributed by atoms with E-state index in [-0.39, 0.29) is 30.5 Å². The minimum Gasteiger partial charge on any atom is -0.493 e. The molecule has 1 aliphatic heterocycles. The Morgan fingerprint density at radius 1 is 1.22 bits per heavy atom. The summed E-state index contributed by atoms with van der Waals surface area (Å²) in [6.45, 7) is 0.404. The Hall–Kier alpha value is -3.54. The largest absolute Gasteiger partial charge is 0.493 e. The average molecular weight is 543 g/mol. The molecular weight excluding hydrogens is 519 g/mol. The first-order valence-corrected chi connectivity index (χ1v) is 14.1. The Bertz CT molecular complexity index is 1590. The molecule has 0 saturated carbocycles. The normalized spacial score (nSPS) is 17.2. The smallest absolute Gasteiger partial charge is 0.264 e. The van der Waals surface area contributed by atoms with E-state index in [9.17, 15) is 22.7 Å². The summed E-state index contributed by atoms with van der Waals surface area (Å²) in [5.74, 6) is -0.399. The molecule has 3 aromatic carbocycles. The minimum atomic E-state index is -3.72. The van der Waals surface area contributed by atoms with Gasteiger partial charge in [0.1, 0.15) is 28.9 Å². The molecule has 0 spiro atoms. The molecule has 2 heterocycles. The third-order valence-corrected chi connectivity index (χ3v) is 7.54. The Morgan fingerprint density at radius 2 is 2.03 bits per heavy atom. The van der Waals surface area contributed by atoms with Crippen LogP contribution in [0.25, 0.3) is 10.2 Å². The van der Waals surface area contributed by atoms with Gasteiger partial charge in [0, 0.05) is 23.1 Å². The van der Waals surface area contributed by atoms with Crippen molar-refractivity contribution in [3.8, 4) is 11.5 Å². The van der Waals surface area contributed by atoms with Crippen LogP contribution in [-0.2, 0) is 23.1 Å². The summed E-state index contributed by atoms with van der Waals surface area (Å²) >= 11 is 1.42. The summed E-state index contributed by atoms with van der Waals surface area (Å²) in [5.41, 5.74) is 1.95. The molecule has 2 unspecified atom stereocenters. The van der Waals surface area contributed by atoms with Gasteiger partial charge in [0.2, 0.25) is 10.0 Å². The first-order valence-electron chi connectivity index (χ1n) is 11.4. The molecule has 4 aromatic rings. The zero-order valence-corrected chi connectivity index (χ0v) is 21.3. The standard InChI is InChI=1S/C26H23FN2O6S2/c1-37(32,33)29-26(31)19-5-3-2-4-15(19)10-16-13-35-22-8-7-18(12-20(22)25(16)30)34-14-24-28-21-11-17(27)6-9-23(21)36-24/h2-9,11-12,16,25,30H,10,13-14H2,1H3,(H,29,31). The molecule has 0 radical (unpaired) electrons. The molecule has 11 heteroatoms. The third-order valence-electron chi connectivity index (χ3n) is 5.98. The van der Waals surface area contributed by atoms with Gasteiger partial charge >= 0.3 is 0 Å². The zero-order valence-electron chi connectivity index (χ0n) is 19.7. The lowest BCUT2D eigenvalue weighted by Gasteiger charge is -2.31. The van der Waals surface area contributed by atoms with Crippen LogP contribution >= 0.6 is 11.3 Å². The maximum Gasteiger partial charge on any atom is 0.264 e. The summed E-state index contributed by atoms with van der Waals surface area (Å²) in [6, 6.07) is 16.3. The number of hydrogen-bond acceptors (Lipinski definition) is 8. The number of nitrogens with one attached hydrogen (secondary N) is 1. The molecule has 1 aliphatic rings. The van der Waals surface area contributed by atoms with E-state index in [1.165, 1.54) is 23.5 Å². The second-order valence-electron chi connectivity index (χ2n) is 8.79. The van der Waals surface area contributed by atoms with Crippen molar-refractivity contribution < 1.29 is 32.2 Å². The number of ether oxygens (including phenoxy) is 2. The quantitative estimate of drug-likeness (QED) is 0.363. The molecule has 0 bridgehead atoms. The number of aliphatic hydroxyl groups is 1. The van der Waals surface area contributed by atoms with Gasteiger partial charge in [0.25, 0.3) is 5.91 Å². The van der Waals surface area contributed by atoms with E-state index in [2.05, 4.69) is 4.98 Å². The number of aliphatic hydroxyl groups excluding tert-OH is 1. The number of fused-ring (bicyclic) bond motifs is 2. The predicted octanol–water partition coefficient (Wildman–Crippen LogP) is 3.99. The van der Waals surface area contributed by atoms with Gasteiger partial charge in [-0.1, -0.05) is 18.2 Å². The number of carbonyl (C=O) groups is 1. The highest BCUT2D eigenvalue weighted by Gasteiger charge is 2.31. The molecular formula is C26H23FN2O6S2. The van der Waals surface area contributed by atoms with Gasteiger partial charge in [0.15, 0.2) is 0 Å². The van der Waals surface area contributed by atoms with Crippen LogP contribution in [0.3, 0.4) is 0 Å². The van der Waals surface area contributed by atoms with Gasteiger partial charge in [0.05, 0.1) is 29.2 Å². The van der Waals surface area contributed by atoms with Gasteiger partial charge in [-0.2, -0.15) is 0 Å². The lowest BCUT2D eigenvalue weighted by Crippen LogP contribution is -2.31. The van der Waals surface area contributed by atoms with Crippen molar-refractivity contribution in [2.45, 2.75) is 19.1 Å². The van der Waals surface area contributed by atoms with Crippen molar-refractivity contribution in [2.75, 3.05) is 12.9 Å². The van der Waals surface area contributed by atoms with E-state index in [1.807, 2.05) is 4.72 Å². The van der Waals surface area contributed by atoms with E-state index in [1.54, 1.807) is 48.5 Å². The number of thiazole rings is 1. The van der Waals surface area contributed by atoms with E-state index in [0.29, 0.717) is 39.6 Å². The van der Waals surface area contributed by atoms with Crippen LogP contribution in [-0.4, -0.2) is 37.3 Å². The molecule has 8 nitrogen and oxygen atoms in total. The first-order chi connectivity index (χ1) is 17.7. The molecule has 0 aliphatic carbocycles. The number of benzene rings is 3. The van der Waals surface area contributed by atoms with Gasteiger partial charge in [-0.3, -0.25) is 4.79 Å². The first kappa shape index (κ1) is 25.1. The number of sulfonamides is 1. The fourth-order valence-corrected chi connectivity index (χ4v) is 5.58. The predicted molar refractivity (Wildman–Crippen MR) is 137 cm³/mol. The summed E-state index contributed by atoms with van der Waals surface area (Å²) in [6.07, 6.45) is 0.310. The van der Waals surface area contributed by atoms with Gasteiger partial charge in [-0.15, -0.1) is 11.3 Å². The highest BCUT2D eigenvalue weighted by Crippen LogP contribution is 2.39. The second-order valence-corrected chi connectivity index (χ2v) is 11.7. The number of halogens is 1. The van der Waals surface area contributed by atoms with E-state index < -0.39 is 22.0 Å². The van der Waals surface area contributed by atoms with Crippen LogP contribution in [0.15, 0.2) is 60.7 Å². The Labute approximate surface area is 216 Å². The van der Waals surface area contributed by atoms with E-state index in [4.69, 9.17) is 9.47 Å². The molecule has 0 fully saturated rings. The molecule has 5 rings (SSSR count). The Morgan fingerprint density at radius 3 is 2.84 bits per heavy atom. The van der Waals surface area contributed by atoms with Crippen molar-refractivity contribution in [3.05, 3.63) is 88.2 Å². The number of aromatic nitrogens is 1. The number of carbonyl (C=O) groups excluding carboxylic acids is 1. The molecule has 0 saturated heterocycles. The maximum atomic E-state index is 13.4. The fourth-order valence-electron chi connectivity index (χ4n) is 4.27. The molecule has 192 valence electrons. The van der Waals surface area contributed by atoms with Gasteiger partial charge < -0.3 is 14.6 Å². The van der Waals surface area contributed by atoms with Crippen LogP contribution < -0.4 is 14.2 Å². The molecule has 1 amide bonds. The summed E-state index contributed by atoms with van der Waals surface area (Å²) in [4.78, 5) is 16.9. The van der Waals surface area contributed by atoms with Crippen LogP contribution in [0.5, 0.6) is 11.5 Å². The van der Waals surface area contributed by atoms with Crippen molar-refractivity contribution in [2.24, 2.45) is 5.92 Å². The SMILES string of the molecule is CS(=O)(=O)NC(=O)c1ccccc1CC1COc2ccc(OCc3nc4cc(F)ccc4s3)cc2C1O. The molecule has 1 aromatic heterocycles. The number of rotatable bonds is 7. The zero-order chi connectivity index (χ0) is 26.2. The van der Waals surface area contributed by atoms with Crippen LogP contribution in [0.4, 0.5) is 4.39 Å². The molecule has 37 heavy (non-hydrogen) atoms. The summed E-state index contributed by atoms with van der Waals surface area (Å²) in [5, 5.41) is 11.8. The fraction of sp³-hybridized carbons (Fsp3) is 0.231. The van der Waals surface area contributed by atoms with Crippen LogP contribution in [0.1, 0.15) is 32.6 Å². The minimum absolute atomic E-state index is 0.183. The van der Waals surface area contributed by atoms with E-state index >= 15 is 0 Å². The average Bonchev–Trinajstić information content (AvgIpc) is 3.26. The van der Waals surface area contributed by atoms with Crippen molar-refractivity contribution in [3.63, 3.8) is 0 Å². The highest BCUT2D eigenvalue weighted by atomic mass is 32.2. The van der Waals surface area contributed by atoms with Gasteiger partial charge in [-0.05, 0) is 48.4 Å².